The Bertz CT molecular complexity index is 440. The summed E-state index contributed by atoms with van der Waals surface area (Å²) >= 11 is 2.09. The highest BCUT2D eigenvalue weighted by molar-refractivity contribution is 8.13. The fraction of sp³-hybridized carbons (Fsp3) is 0.700. The summed E-state index contributed by atoms with van der Waals surface area (Å²) < 4.78 is 20.2. The molecule has 2 unspecified atom stereocenters. The lowest BCUT2D eigenvalue weighted by atomic mass is 10.4. The van der Waals surface area contributed by atoms with E-state index < -0.39 is 0 Å². The molecule has 19 heavy (non-hydrogen) atoms. The minimum atomic E-state index is -0.188. The Morgan fingerprint density at radius 2 is 2.42 bits per heavy atom. The van der Waals surface area contributed by atoms with Gasteiger partial charge >= 0.3 is 0 Å². The Morgan fingerprint density at radius 3 is 3.05 bits per heavy atom. The molecule has 7 nitrogen and oxygen atoms in total. The number of hydrogen-bond acceptors (Lipinski definition) is 8. The molecular formula is C10H15N3O4S2. The first-order chi connectivity index (χ1) is 9.04. The van der Waals surface area contributed by atoms with Crippen LogP contribution in [0.5, 0.6) is 5.19 Å². The lowest BCUT2D eigenvalue weighted by Crippen LogP contribution is -2.20. The van der Waals surface area contributed by atoms with Crippen molar-refractivity contribution in [2.45, 2.75) is 24.5 Å². The average molecular weight is 305 g/mol. The largest absolute Gasteiger partial charge is 0.466 e. The van der Waals surface area contributed by atoms with Crippen LogP contribution >= 0.6 is 23.3 Å². The summed E-state index contributed by atoms with van der Waals surface area (Å²) in [6.07, 6.45) is -0.273. The Hall–Kier alpha value is -0.900. The SMILES string of the molecule is CC1OCC(COc2nc(SC(=O)N(C)C)ns2)O1. The molecule has 0 N–H and O–H groups in total. The van der Waals surface area contributed by atoms with Gasteiger partial charge in [0.1, 0.15) is 12.7 Å². The second-order valence-electron chi connectivity index (χ2n) is 4.08. The van der Waals surface area contributed by atoms with E-state index in [0.717, 1.165) is 23.3 Å². The monoisotopic (exact) mass is 305 g/mol. The van der Waals surface area contributed by atoms with E-state index in [-0.39, 0.29) is 17.6 Å². The summed E-state index contributed by atoms with van der Waals surface area (Å²) in [6.45, 7) is 2.72. The van der Waals surface area contributed by atoms with Gasteiger partial charge in [-0.2, -0.15) is 9.36 Å². The van der Waals surface area contributed by atoms with Crippen LogP contribution in [-0.2, 0) is 9.47 Å². The van der Waals surface area contributed by atoms with Gasteiger partial charge in [0.15, 0.2) is 6.29 Å². The zero-order chi connectivity index (χ0) is 13.8. The predicted octanol–water partition coefficient (Wildman–Crippen LogP) is 1.45. The third-order valence-electron chi connectivity index (χ3n) is 2.23. The molecule has 1 fully saturated rings. The first-order valence-corrected chi connectivity index (χ1v) is 7.26. The van der Waals surface area contributed by atoms with Gasteiger partial charge in [-0.05, 0) is 6.92 Å². The van der Waals surface area contributed by atoms with Gasteiger partial charge in [0.2, 0.25) is 5.16 Å². The molecule has 1 aromatic heterocycles. The molecule has 1 aromatic rings. The van der Waals surface area contributed by atoms with Crippen molar-refractivity contribution in [2.24, 2.45) is 0 Å². The Labute approximate surface area is 119 Å². The van der Waals surface area contributed by atoms with Crippen molar-refractivity contribution in [1.82, 2.24) is 14.3 Å². The fourth-order valence-corrected chi connectivity index (χ4v) is 2.54. The third-order valence-corrected chi connectivity index (χ3v) is 3.88. The van der Waals surface area contributed by atoms with Gasteiger partial charge in [0, 0.05) is 37.4 Å². The van der Waals surface area contributed by atoms with Crippen LogP contribution in [0.25, 0.3) is 0 Å². The summed E-state index contributed by atoms with van der Waals surface area (Å²) in [5.74, 6) is 0. The molecule has 9 heteroatoms. The summed E-state index contributed by atoms with van der Waals surface area (Å²) in [6, 6.07) is 0. The van der Waals surface area contributed by atoms with E-state index in [9.17, 15) is 4.79 Å². The molecule has 2 atom stereocenters. The van der Waals surface area contributed by atoms with Crippen molar-refractivity contribution in [3.63, 3.8) is 0 Å². The normalized spacial score (nSPS) is 22.5. The van der Waals surface area contributed by atoms with Gasteiger partial charge in [0.05, 0.1) is 6.61 Å². The molecule has 0 saturated carbocycles. The van der Waals surface area contributed by atoms with Crippen LogP contribution in [0.1, 0.15) is 6.92 Å². The number of rotatable bonds is 4. The van der Waals surface area contributed by atoms with Crippen molar-refractivity contribution < 1.29 is 19.0 Å². The minimum Gasteiger partial charge on any atom is -0.466 e. The molecule has 0 radical (unpaired) electrons. The molecule has 0 aromatic carbocycles. The number of aromatic nitrogens is 2. The second kappa shape index (κ2) is 6.51. The van der Waals surface area contributed by atoms with E-state index >= 15 is 0 Å². The maximum Gasteiger partial charge on any atom is 0.294 e. The molecule has 1 saturated heterocycles. The molecule has 0 aliphatic carbocycles. The van der Waals surface area contributed by atoms with Crippen LogP contribution in [0.4, 0.5) is 4.79 Å². The standard InChI is InChI=1S/C10H15N3O4S2/c1-6-15-4-7(17-6)5-16-9-11-8(12-19-9)18-10(14)13(2)3/h6-7H,4-5H2,1-3H3. The Morgan fingerprint density at radius 1 is 1.63 bits per heavy atom. The van der Waals surface area contributed by atoms with Gasteiger partial charge in [-0.3, -0.25) is 4.79 Å². The molecule has 106 valence electrons. The maximum atomic E-state index is 11.5. The van der Waals surface area contributed by atoms with Crippen molar-refractivity contribution in [2.75, 3.05) is 27.3 Å². The van der Waals surface area contributed by atoms with E-state index in [1.165, 1.54) is 4.90 Å². The number of carbonyl (C=O) groups is 1. The van der Waals surface area contributed by atoms with Crippen LogP contribution in [-0.4, -0.2) is 59.2 Å². The minimum absolute atomic E-state index is 0.0848. The van der Waals surface area contributed by atoms with Gasteiger partial charge in [-0.25, -0.2) is 0 Å². The molecule has 2 rings (SSSR count). The zero-order valence-electron chi connectivity index (χ0n) is 10.9. The highest BCUT2D eigenvalue weighted by Crippen LogP contribution is 2.24. The highest BCUT2D eigenvalue weighted by Gasteiger charge is 2.23. The predicted molar refractivity (Wildman–Crippen MR) is 70.6 cm³/mol. The van der Waals surface area contributed by atoms with E-state index in [0.29, 0.717) is 23.6 Å². The van der Waals surface area contributed by atoms with Gasteiger partial charge in [0.25, 0.3) is 10.4 Å². The van der Waals surface area contributed by atoms with E-state index in [2.05, 4.69) is 9.36 Å². The summed E-state index contributed by atoms with van der Waals surface area (Å²) in [4.78, 5) is 17.0. The van der Waals surface area contributed by atoms with Crippen molar-refractivity contribution >= 4 is 28.5 Å². The Balaban J connectivity index is 1.79. The quantitative estimate of drug-likeness (QED) is 0.779. The number of amides is 1. The summed E-state index contributed by atoms with van der Waals surface area (Å²) in [7, 11) is 3.36. The summed E-state index contributed by atoms with van der Waals surface area (Å²) in [5, 5.41) is 0.707. The van der Waals surface area contributed by atoms with Gasteiger partial charge < -0.3 is 19.1 Å². The number of hydrogen-bond donors (Lipinski definition) is 0. The van der Waals surface area contributed by atoms with Gasteiger partial charge in [-0.1, -0.05) is 0 Å². The zero-order valence-corrected chi connectivity index (χ0v) is 12.5. The first-order valence-electron chi connectivity index (χ1n) is 5.67. The molecular weight excluding hydrogens is 290 g/mol. The number of thioether (sulfide) groups is 1. The smallest absolute Gasteiger partial charge is 0.294 e. The Kier molecular flexibility index (Phi) is 4.97. The number of ether oxygens (including phenoxy) is 3. The topological polar surface area (TPSA) is 73.8 Å². The molecule has 0 bridgehead atoms. The second-order valence-corrected chi connectivity index (χ2v) is 5.71. The van der Waals surface area contributed by atoms with Crippen LogP contribution < -0.4 is 4.74 Å². The molecule has 1 aliphatic heterocycles. The molecule has 1 amide bonds. The lowest BCUT2D eigenvalue weighted by Gasteiger charge is -2.08. The van der Waals surface area contributed by atoms with Crippen LogP contribution in [0.15, 0.2) is 5.16 Å². The third kappa shape index (κ3) is 4.30. The first kappa shape index (κ1) is 14.5. The van der Waals surface area contributed by atoms with Crippen molar-refractivity contribution in [1.29, 1.82) is 0 Å². The van der Waals surface area contributed by atoms with E-state index in [4.69, 9.17) is 14.2 Å². The molecule has 2 heterocycles. The average Bonchev–Trinajstić information content (AvgIpc) is 2.95. The maximum absolute atomic E-state index is 11.5. The van der Waals surface area contributed by atoms with Crippen molar-refractivity contribution in [3.05, 3.63) is 0 Å². The number of nitrogens with zero attached hydrogens (tertiary/aromatic N) is 3. The lowest BCUT2D eigenvalue weighted by molar-refractivity contribution is -0.0487. The van der Waals surface area contributed by atoms with Crippen LogP contribution in [0.2, 0.25) is 0 Å². The highest BCUT2D eigenvalue weighted by atomic mass is 32.2. The molecule has 0 spiro atoms. The van der Waals surface area contributed by atoms with Crippen molar-refractivity contribution in [3.8, 4) is 5.19 Å². The van der Waals surface area contributed by atoms with Gasteiger partial charge in [-0.15, -0.1) is 0 Å². The van der Waals surface area contributed by atoms with Crippen LogP contribution in [0, 0.1) is 0 Å². The van der Waals surface area contributed by atoms with Crippen LogP contribution in [0.3, 0.4) is 0 Å². The fourth-order valence-electron chi connectivity index (χ4n) is 1.31. The number of carbonyl (C=O) groups excluding carboxylic acids is 1. The van der Waals surface area contributed by atoms with E-state index in [1.807, 2.05) is 6.92 Å². The summed E-state index contributed by atoms with van der Waals surface area (Å²) in [5.41, 5.74) is 0. The molecule has 1 aliphatic rings. The van der Waals surface area contributed by atoms with E-state index in [1.54, 1.807) is 14.1 Å².